The van der Waals surface area contributed by atoms with E-state index in [0.29, 0.717) is 19.0 Å². The maximum Gasteiger partial charge on any atom is 0.214 e. The molecule has 1 fully saturated rings. The zero-order chi connectivity index (χ0) is 11.6. The summed E-state index contributed by atoms with van der Waals surface area (Å²) in [6.07, 6.45) is 0.898. The van der Waals surface area contributed by atoms with Crippen LogP contribution in [0.5, 0.6) is 0 Å². The van der Waals surface area contributed by atoms with Crippen molar-refractivity contribution in [3.05, 3.63) is 0 Å². The van der Waals surface area contributed by atoms with Crippen LogP contribution in [0.1, 0.15) is 27.2 Å². The Bertz CT molecular complexity index is 299. The van der Waals surface area contributed by atoms with Crippen molar-refractivity contribution < 1.29 is 8.42 Å². The van der Waals surface area contributed by atoms with E-state index in [1.165, 1.54) is 0 Å². The van der Waals surface area contributed by atoms with Gasteiger partial charge in [0.05, 0.1) is 5.75 Å². The van der Waals surface area contributed by atoms with Crippen LogP contribution in [0.3, 0.4) is 0 Å². The number of nitrogens with zero attached hydrogens (tertiary/aromatic N) is 1. The topological polar surface area (TPSA) is 63.4 Å². The molecule has 2 N–H and O–H groups in total. The Morgan fingerprint density at radius 3 is 2.40 bits per heavy atom. The number of sulfonamides is 1. The molecule has 0 radical (unpaired) electrons. The average Bonchev–Trinajstić information content (AvgIpc) is 2.48. The van der Waals surface area contributed by atoms with E-state index in [-0.39, 0.29) is 17.7 Å². The lowest BCUT2D eigenvalue weighted by atomic mass is 10.0. The van der Waals surface area contributed by atoms with Gasteiger partial charge in [0.25, 0.3) is 0 Å². The quantitative estimate of drug-likeness (QED) is 0.776. The van der Waals surface area contributed by atoms with E-state index in [9.17, 15) is 8.42 Å². The standard InChI is InChI=1S/C10H22N2O2S/c1-8(2)7-15(13,14)12-5-4-10(6-12)9(3)11/h8-10H,4-7,11H2,1-3H3. The fourth-order valence-corrected chi connectivity index (χ4v) is 3.82. The van der Waals surface area contributed by atoms with Crippen LogP contribution >= 0.6 is 0 Å². The van der Waals surface area contributed by atoms with Crippen LogP contribution in [0.25, 0.3) is 0 Å². The molecule has 0 aliphatic carbocycles. The average molecular weight is 234 g/mol. The first kappa shape index (κ1) is 12.9. The highest BCUT2D eigenvalue weighted by Crippen LogP contribution is 2.22. The molecule has 1 aliphatic rings. The molecule has 0 bridgehead atoms. The van der Waals surface area contributed by atoms with Crippen LogP contribution in [0.2, 0.25) is 0 Å². The Hall–Kier alpha value is -0.130. The van der Waals surface area contributed by atoms with Crippen molar-refractivity contribution in [1.29, 1.82) is 0 Å². The van der Waals surface area contributed by atoms with Crippen molar-refractivity contribution in [3.8, 4) is 0 Å². The lowest BCUT2D eigenvalue weighted by Gasteiger charge is -2.19. The van der Waals surface area contributed by atoms with Gasteiger partial charge in [-0.15, -0.1) is 0 Å². The predicted molar refractivity (Wildman–Crippen MR) is 62.0 cm³/mol. The van der Waals surface area contributed by atoms with Gasteiger partial charge in [0.2, 0.25) is 10.0 Å². The number of hydrogen-bond acceptors (Lipinski definition) is 3. The molecule has 0 amide bonds. The first-order valence-electron chi connectivity index (χ1n) is 5.56. The molecule has 2 unspecified atom stereocenters. The van der Waals surface area contributed by atoms with Gasteiger partial charge in [-0.25, -0.2) is 12.7 Å². The summed E-state index contributed by atoms with van der Waals surface area (Å²) in [6, 6.07) is 0.0873. The van der Waals surface area contributed by atoms with Crippen molar-refractivity contribution >= 4 is 10.0 Å². The van der Waals surface area contributed by atoms with E-state index in [0.717, 1.165) is 6.42 Å². The third-order valence-electron chi connectivity index (χ3n) is 2.87. The molecule has 0 aromatic heterocycles. The van der Waals surface area contributed by atoms with Crippen molar-refractivity contribution in [3.63, 3.8) is 0 Å². The summed E-state index contributed by atoms with van der Waals surface area (Å²) in [6.45, 7) is 7.05. The van der Waals surface area contributed by atoms with E-state index in [1.807, 2.05) is 20.8 Å². The van der Waals surface area contributed by atoms with Crippen LogP contribution in [0.4, 0.5) is 0 Å². The maximum atomic E-state index is 11.9. The molecular weight excluding hydrogens is 212 g/mol. The molecule has 1 saturated heterocycles. The molecule has 4 nitrogen and oxygen atoms in total. The molecule has 0 aromatic carbocycles. The van der Waals surface area contributed by atoms with Crippen molar-refractivity contribution in [2.75, 3.05) is 18.8 Å². The predicted octanol–water partition coefficient (Wildman–Crippen LogP) is 0.641. The van der Waals surface area contributed by atoms with Crippen molar-refractivity contribution in [1.82, 2.24) is 4.31 Å². The summed E-state index contributed by atoms with van der Waals surface area (Å²) in [5.74, 6) is 0.759. The van der Waals surface area contributed by atoms with Gasteiger partial charge in [-0.05, 0) is 25.2 Å². The van der Waals surface area contributed by atoms with E-state index in [4.69, 9.17) is 5.73 Å². The lowest BCUT2D eigenvalue weighted by Crippen LogP contribution is -2.35. The molecule has 1 rings (SSSR count). The summed E-state index contributed by atoms with van der Waals surface area (Å²) in [5, 5.41) is 0. The monoisotopic (exact) mass is 234 g/mol. The molecular formula is C10H22N2O2S. The van der Waals surface area contributed by atoms with Gasteiger partial charge in [-0.3, -0.25) is 0 Å². The van der Waals surface area contributed by atoms with Crippen LogP contribution in [-0.2, 0) is 10.0 Å². The number of nitrogens with two attached hydrogens (primary N) is 1. The van der Waals surface area contributed by atoms with Crippen LogP contribution < -0.4 is 5.73 Å². The third-order valence-corrected chi connectivity index (χ3v) is 5.07. The molecule has 90 valence electrons. The van der Waals surface area contributed by atoms with Gasteiger partial charge < -0.3 is 5.73 Å². The Labute approximate surface area is 92.9 Å². The van der Waals surface area contributed by atoms with E-state index < -0.39 is 10.0 Å². The van der Waals surface area contributed by atoms with Crippen molar-refractivity contribution in [2.24, 2.45) is 17.6 Å². The van der Waals surface area contributed by atoms with E-state index in [2.05, 4.69) is 0 Å². The largest absolute Gasteiger partial charge is 0.328 e. The Balaban J connectivity index is 2.60. The van der Waals surface area contributed by atoms with E-state index in [1.54, 1.807) is 4.31 Å². The Morgan fingerprint density at radius 2 is 2.00 bits per heavy atom. The fraction of sp³-hybridized carbons (Fsp3) is 1.00. The highest BCUT2D eigenvalue weighted by Gasteiger charge is 2.32. The first-order valence-corrected chi connectivity index (χ1v) is 7.17. The smallest absolute Gasteiger partial charge is 0.214 e. The first-order chi connectivity index (χ1) is 6.83. The van der Waals surface area contributed by atoms with Gasteiger partial charge in [0.1, 0.15) is 0 Å². The van der Waals surface area contributed by atoms with Gasteiger partial charge in [0.15, 0.2) is 0 Å². The Kier molecular flexibility index (Phi) is 4.14. The summed E-state index contributed by atoms with van der Waals surface area (Å²) in [5.41, 5.74) is 5.78. The van der Waals surface area contributed by atoms with E-state index >= 15 is 0 Å². The summed E-state index contributed by atoms with van der Waals surface area (Å²) < 4.78 is 25.4. The SMILES string of the molecule is CC(C)CS(=O)(=O)N1CCC(C(C)N)C1. The second kappa shape index (κ2) is 4.80. The van der Waals surface area contributed by atoms with Gasteiger partial charge >= 0.3 is 0 Å². The number of rotatable bonds is 4. The zero-order valence-corrected chi connectivity index (χ0v) is 10.6. The van der Waals surface area contributed by atoms with Gasteiger partial charge in [-0.2, -0.15) is 0 Å². The van der Waals surface area contributed by atoms with Gasteiger partial charge in [-0.1, -0.05) is 13.8 Å². The Morgan fingerprint density at radius 1 is 1.40 bits per heavy atom. The molecule has 0 aromatic rings. The van der Waals surface area contributed by atoms with Crippen LogP contribution in [0.15, 0.2) is 0 Å². The van der Waals surface area contributed by atoms with Crippen LogP contribution in [0, 0.1) is 11.8 Å². The highest BCUT2D eigenvalue weighted by molar-refractivity contribution is 7.89. The second-order valence-corrected chi connectivity index (χ2v) is 6.95. The third kappa shape index (κ3) is 3.43. The summed E-state index contributed by atoms with van der Waals surface area (Å²) in [7, 11) is -3.05. The van der Waals surface area contributed by atoms with Crippen molar-refractivity contribution in [2.45, 2.75) is 33.2 Å². The molecule has 15 heavy (non-hydrogen) atoms. The molecule has 1 aliphatic heterocycles. The molecule has 1 heterocycles. The number of hydrogen-bond donors (Lipinski definition) is 1. The maximum absolute atomic E-state index is 11.9. The van der Waals surface area contributed by atoms with Gasteiger partial charge in [0, 0.05) is 19.1 Å². The summed E-state index contributed by atoms with van der Waals surface area (Å²) in [4.78, 5) is 0. The minimum atomic E-state index is -3.05. The minimum absolute atomic E-state index is 0.0873. The summed E-state index contributed by atoms with van der Waals surface area (Å²) >= 11 is 0. The molecule has 0 spiro atoms. The molecule has 2 atom stereocenters. The second-order valence-electron chi connectivity index (χ2n) is 4.94. The fourth-order valence-electron chi connectivity index (χ4n) is 1.96. The van der Waals surface area contributed by atoms with Crippen LogP contribution in [-0.4, -0.2) is 37.6 Å². The highest BCUT2D eigenvalue weighted by atomic mass is 32.2. The normalized spacial score (nSPS) is 26.1. The lowest BCUT2D eigenvalue weighted by molar-refractivity contribution is 0.426. The minimum Gasteiger partial charge on any atom is -0.328 e. The molecule has 0 saturated carbocycles. The zero-order valence-electron chi connectivity index (χ0n) is 9.81. The molecule has 5 heteroatoms.